The van der Waals surface area contributed by atoms with Crippen molar-refractivity contribution < 1.29 is 30.0 Å². The number of esters is 1. The van der Waals surface area contributed by atoms with E-state index < -0.39 is 5.97 Å². The van der Waals surface area contributed by atoms with Crippen LogP contribution in [0.25, 0.3) is 0 Å². The largest absolute Gasteiger partial charge is 0.507 e. The number of phenolic OH excluding ortho intramolecular Hbond substituents is 4. The summed E-state index contributed by atoms with van der Waals surface area (Å²) >= 11 is 0. The Labute approximate surface area is 301 Å². The molecule has 0 aromatic heterocycles. The van der Waals surface area contributed by atoms with Crippen LogP contribution in [-0.2, 0) is 17.6 Å². The maximum atomic E-state index is 12.4. The highest BCUT2D eigenvalue weighted by atomic mass is 16.5. The lowest BCUT2D eigenvalue weighted by molar-refractivity contribution is 0.0595. The van der Waals surface area contributed by atoms with Gasteiger partial charge in [0.1, 0.15) is 28.6 Å². The van der Waals surface area contributed by atoms with Crippen molar-refractivity contribution >= 4 is 5.97 Å². The summed E-state index contributed by atoms with van der Waals surface area (Å²) in [6.45, 7) is 20.7. The molecule has 0 amide bonds. The molecule has 0 saturated heterocycles. The minimum Gasteiger partial charge on any atom is -0.507 e. The fourth-order valence-corrected chi connectivity index (χ4v) is 7.70. The average Bonchev–Trinajstić information content (AvgIpc) is 3.04. The third kappa shape index (κ3) is 10.1. The van der Waals surface area contributed by atoms with Crippen LogP contribution in [0.3, 0.4) is 0 Å². The maximum Gasteiger partial charge on any atom is 0.341 e. The molecule has 0 radical (unpaired) electrons. The zero-order valence-electron chi connectivity index (χ0n) is 31.7. The number of carbonyl (C=O) groups is 1. The van der Waals surface area contributed by atoms with Gasteiger partial charge in [0.05, 0.1) is 7.11 Å². The van der Waals surface area contributed by atoms with E-state index in [4.69, 9.17) is 4.74 Å². The van der Waals surface area contributed by atoms with Gasteiger partial charge in [-0.3, -0.25) is 0 Å². The fourth-order valence-electron chi connectivity index (χ4n) is 7.70. The second kappa shape index (κ2) is 18.9. The van der Waals surface area contributed by atoms with Crippen LogP contribution in [-0.4, -0.2) is 33.5 Å². The first kappa shape index (κ1) is 40.5. The topological polar surface area (TPSA) is 107 Å². The molecular weight excluding hydrogens is 624 g/mol. The number of carbonyl (C=O) groups excluding carboxylic acids is 1. The second-order valence-corrected chi connectivity index (χ2v) is 14.7. The van der Waals surface area contributed by atoms with Crippen LogP contribution in [0.5, 0.6) is 23.0 Å². The Morgan fingerprint density at radius 3 is 1.66 bits per heavy atom. The highest BCUT2D eigenvalue weighted by molar-refractivity contribution is 5.95. The van der Waals surface area contributed by atoms with E-state index in [0.717, 1.165) is 74.5 Å². The monoisotopic (exact) mass is 686 g/mol. The summed E-state index contributed by atoms with van der Waals surface area (Å²) < 4.78 is 4.93. The molecule has 4 rings (SSSR count). The van der Waals surface area contributed by atoms with Gasteiger partial charge >= 0.3 is 5.97 Å². The minimum atomic E-state index is -0.566. The molecule has 6 nitrogen and oxygen atoms in total. The molecule has 4 N–H and O–H groups in total. The van der Waals surface area contributed by atoms with Crippen LogP contribution in [0.1, 0.15) is 150 Å². The Morgan fingerprint density at radius 1 is 0.740 bits per heavy atom. The van der Waals surface area contributed by atoms with Gasteiger partial charge < -0.3 is 25.2 Å². The van der Waals surface area contributed by atoms with E-state index in [1.165, 1.54) is 31.1 Å². The third-order valence-electron chi connectivity index (χ3n) is 10.5. The standard InChI is InChI=1S/C23H32O4.C21H30O2/c1-6-7-8-9-16-13-19(24)21(22(25)20(16)23(26)27-5)18-12-15(4)10-11-17(18)14(2)3;1-5-6-7-8-16-12-19(22)21(20(23)13-16)18-11-15(4)9-10-17(18)14(2)3/h12-13,17-18,24-25H,2,6-11H2,1,3-5H3;11-13,17-18,22-23H,2,5-10H2,1,3-4H3/t17-,18?;17-,18+/m00/s1. The smallest absolute Gasteiger partial charge is 0.341 e. The number of rotatable bonds is 13. The van der Waals surface area contributed by atoms with Crippen molar-refractivity contribution in [2.75, 3.05) is 7.11 Å². The van der Waals surface area contributed by atoms with E-state index in [9.17, 15) is 25.2 Å². The number of methoxy groups -OCH3 is 1. The summed E-state index contributed by atoms with van der Waals surface area (Å²) in [5.41, 5.74) is 7.55. The van der Waals surface area contributed by atoms with Gasteiger partial charge in [0.25, 0.3) is 0 Å². The lowest BCUT2D eigenvalue weighted by Gasteiger charge is -2.32. The van der Waals surface area contributed by atoms with Crippen LogP contribution in [0.15, 0.2) is 65.8 Å². The van der Waals surface area contributed by atoms with Gasteiger partial charge in [-0.25, -0.2) is 4.79 Å². The van der Waals surface area contributed by atoms with Crippen molar-refractivity contribution in [2.45, 2.75) is 130 Å². The van der Waals surface area contributed by atoms with Crippen LogP contribution in [0, 0.1) is 11.8 Å². The van der Waals surface area contributed by atoms with Crippen molar-refractivity contribution in [3.05, 3.63) is 93.6 Å². The number of aryl methyl sites for hydroxylation is 2. The van der Waals surface area contributed by atoms with Gasteiger partial charge in [-0.1, -0.05) is 87.1 Å². The van der Waals surface area contributed by atoms with Crippen LogP contribution >= 0.6 is 0 Å². The molecular formula is C44H62O6. The number of benzene rings is 2. The molecule has 1 unspecified atom stereocenters. The summed E-state index contributed by atoms with van der Waals surface area (Å²) in [6.07, 6.45) is 16.1. The third-order valence-corrected chi connectivity index (χ3v) is 10.5. The number of allylic oxidation sites excluding steroid dienone is 6. The molecule has 2 aliphatic rings. The number of ether oxygens (including phenoxy) is 1. The zero-order chi connectivity index (χ0) is 37.1. The highest BCUT2D eigenvalue weighted by Gasteiger charge is 2.33. The average molecular weight is 687 g/mol. The molecule has 6 heteroatoms. The fraction of sp³-hybridized carbons (Fsp3) is 0.523. The molecule has 0 fully saturated rings. The number of hydrogen-bond donors (Lipinski definition) is 4. The first-order valence-electron chi connectivity index (χ1n) is 18.6. The summed E-state index contributed by atoms with van der Waals surface area (Å²) in [5, 5.41) is 42.9. The number of phenols is 4. The van der Waals surface area contributed by atoms with Gasteiger partial charge in [0.2, 0.25) is 0 Å². The lowest BCUT2D eigenvalue weighted by Crippen LogP contribution is -2.18. The number of aromatic hydroxyl groups is 4. The second-order valence-electron chi connectivity index (χ2n) is 14.7. The Kier molecular flexibility index (Phi) is 15.3. The summed E-state index contributed by atoms with van der Waals surface area (Å²) in [4.78, 5) is 12.4. The first-order chi connectivity index (χ1) is 23.7. The lowest BCUT2D eigenvalue weighted by atomic mass is 9.73. The van der Waals surface area contributed by atoms with Crippen LogP contribution in [0.2, 0.25) is 0 Å². The van der Waals surface area contributed by atoms with E-state index in [1.54, 1.807) is 6.07 Å². The zero-order valence-corrected chi connectivity index (χ0v) is 31.7. The Balaban J connectivity index is 0.000000274. The highest BCUT2D eigenvalue weighted by Crippen LogP contribution is 2.49. The van der Waals surface area contributed by atoms with E-state index in [1.807, 2.05) is 26.0 Å². The number of hydrogen-bond acceptors (Lipinski definition) is 6. The molecule has 2 aliphatic carbocycles. The van der Waals surface area contributed by atoms with Crippen molar-refractivity contribution in [1.29, 1.82) is 0 Å². The predicted octanol–water partition coefficient (Wildman–Crippen LogP) is 11.5. The van der Waals surface area contributed by atoms with E-state index >= 15 is 0 Å². The van der Waals surface area contributed by atoms with Crippen molar-refractivity contribution in [3.8, 4) is 23.0 Å². The van der Waals surface area contributed by atoms with E-state index in [2.05, 4.69) is 53.0 Å². The SMILES string of the molecule is C=C(C)[C@@H]1CCC(C)=CC1c1c(O)cc(CCCCC)c(C(=O)OC)c1O.C=C(C)[C@@H]1CCC(C)=C[C@H]1c1c(O)cc(CCCCC)cc1O. The normalized spacial score (nSPS) is 20.2. The van der Waals surface area contributed by atoms with Crippen LogP contribution < -0.4 is 0 Å². The predicted molar refractivity (Wildman–Crippen MR) is 205 cm³/mol. The van der Waals surface area contributed by atoms with Crippen molar-refractivity contribution in [3.63, 3.8) is 0 Å². The quantitative estimate of drug-likeness (QED) is 0.0949. The van der Waals surface area contributed by atoms with Crippen molar-refractivity contribution in [1.82, 2.24) is 0 Å². The van der Waals surface area contributed by atoms with E-state index in [0.29, 0.717) is 23.1 Å². The number of unbranched alkanes of at least 4 members (excludes halogenated alkanes) is 4. The summed E-state index contributed by atoms with van der Waals surface area (Å²) in [5.74, 6) is -0.0379. The maximum absolute atomic E-state index is 12.4. The van der Waals surface area contributed by atoms with Gasteiger partial charge in [0.15, 0.2) is 0 Å². The molecule has 0 aliphatic heterocycles. The molecule has 0 saturated carbocycles. The summed E-state index contributed by atoms with van der Waals surface area (Å²) in [6, 6.07) is 5.29. The summed E-state index contributed by atoms with van der Waals surface area (Å²) in [7, 11) is 1.31. The Bertz CT molecular complexity index is 1550. The molecule has 2 aromatic rings. The van der Waals surface area contributed by atoms with E-state index in [-0.39, 0.29) is 52.2 Å². The minimum absolute atomic E-state index is 0.0194. The van der Waals surface area contributed by atoms with Gasteiger partial charge in [-0.15, -0.1) is 0 Å². The molecule has 0 spiro atoms. The molecule has 274 valence electrons. The molecule has 4 atom stereocenters. The van der Waals surface area contributed by atoms with Gasteiger partial charge in [-0.05, 0) is 120 Å². The van der Waals surface area contributed by atoms with Gasteiger partial charge in [0, 0.05) is 23.0 Å². The Morgan fingerprint density at radius 2 is 1.20 bits per heavy atom. The Hall–Kier alpha value is -3.93. The molecule has 50 heavy (non-hydrogen) atoms. The van der Waals surface area contributed by atoms with Crippen molar-refractivity contribution in [2.24, 2.45) is 11.8 Å². The molecule has 0 heterocycles. The van der Waals surface area contributed by atoms with Crippen LogP contribution in [0.4, 0.5) is 0 Å². The van der Waals surface area contributed by atoms with Gasteiger partial charge in [-0.2, -0.15) is 0 Å². The molecule has 0 bridgehead atoms. The molecule has 2 aromatic carbocycles. The first-order valence-corrected chi connectivity index (χ1v) is 18.6.